The monoisotopic (exact) mass is 745 g/mol. The van der Waals surface area contributed by atoms with Gasteiger partial charge >= 0.3 is 0 Å². The minimum atomic E-state index is -1.67. The lowest BCUT2D eigenvalue weighted by molar-refractivity contribution is 1.07. The van der Waals surface area contributed by atoms with Crippen molar-refractivity contribution in [3.8, 4) is 89.8 Å². The maximum atomic E-state index is 5.04. The minimum absolute atomic E-state index is 0.639. The number of fused-ring (bicyclic) bond motifs is 3. The Morgan fingerprint density at radius 2 is 0.561 bits per heavy atom. The Morgan fingerprint density at radius 1 is 0.263 bits per heavy atom. The zero-order chi connectivity index (χ0) is 38.3. The number of benzene rings is 8. The van der Waals surface area contributed by atoms with Crippen molar-refractivity contribution in [1.29, 1.82) is 0 Å². The summed E-state index contributed by atoms with van der Waals surface area (Å²) in [5.74, 6) is 1.92. The second-order valence-electron chi connectivity index (χ2n) is 15.3. The third-order valence-electron chi connectivity index (χ3n) is 11.4. The van der Waals surface area contributed by atoms with E-state index in [2.05, 4.69) is 201 Å². The molecule has 1 aliphatic heterocycles. The molecule has 0 spiro atoms. The Bertz CT molecular complexity index is 2770. The molecule has 0 radical (unpaired) electrons. The predicted octanol–water partition coefficient (Wildman–Crippen LogP) is 12.3. The Morgan fingerprint density at radius 3 is 0.982 bits per heavy atom. The van der Waals surface area contributed by atoms with E-state index in [4.69, 9.17) is 15.0 Å². The first kappa shape index (κ1) is 34.5. The molecule has 0 aliphatic carbocycles. The van der Waals surface area contributed by atoms with E-state index in [0.29, 0.717) is 17.5 Å². The van der Waals surface area contributed by atoms with Gasteiger partial charge in [0.15, 0.2) is 17.5 Å². The zero-order valence-electron chi connectivity index (χ0n) is 31.9. The zero-order valence-corrected chi connectivity index (χ0v) is 32.9. The lowest BCUT2D eigenvalue weighted by Gasteiger charge is -2.18. The molecule has 10 rings (SSSR count). The number of rotatable bonds is 7. The van der Waals surface area contributed by atoms with Crippen molar-refractivity contribution in [3.05, 3.63) is 200 Å². The molecule has 270 valence electrons. The third kappa shape index (κ3) is 6.50. The predicted molar refractivity (Wildman–Crippen MR) is 240 cm³/mol. The van der Waals surface area contributed by atoms with Crippen LogP contribution in [0.4, 0.5) is 0 Å². The summed E-state index contributed by atoms with van der Waals surface area (Å²) in [5.41, 5.74) is 15.1. The summed E-state index contributed by atoms with van der Waals surface area (Å²) < 4.78 is 0. The third-order valence-corrected chi connectivity index (χ3v) is 15.0. The summed E-state index contributed by atoms with van der Waals surface area (Å²) in [6.07, 6.45) is 0. The summed E-state index contributed by atoms with van der Waals surface area (Å²) in [5, 5.41) is 3.07. The average Bonchev–Trinajstić information content (AvgIpc) is 3.52. The summed E-state index contributed by atoms with van der Waals surface area (Å²) in [4.78, 5) is 15.1. The van der Waals surface area contributed by atoms with Crippen LogP contribution in [0.2, 0.25) is 13.1 Å². The topological polar surface area (TPSA) is 38.7 Å². The van der Waals surface area contributed by atoms with Gasteiger partial charge in [0, 0.05) is 16.7 Å². The van der Waals surface area contributed by atoms with Crippen LogP contribution in [0.5, 0.6) is 0 Å². The molecule has 9 aromatic rings. The van der Waals surface area contributed by atoms with Crippen molar-refractivity contribution in [2.75, 3.05) is 0 Å². The lowest BCUT2D eigenvalue weighted by atomic mass is 9.97. The van der Waals surface area contributed by atoms with Gasteiger partial charge in [-0.25, -0.2) is 15.0 Å². The van der Waals surface area contributed by atoms with E-state index in [9.17, 15) is 0 Å². The van der Waals surface area contributed by atoms with Crippen LogP contribution in [-0.4, -0.2) is 23.0 Å². The molecule has 0 N–H and O–H groups in total. The van der Waals surface area contributed by atoms with Crippen LogP contribution < -0.4 is 10.4 Å². The summed E-state index contributed by atoms with van der Waals surface area (Å²) in [7, 11) is -1.67. The standard InChI is InChI=1S/C53H39N3Si/c1-57(2)49-16-10-9-15-47(49)48-35-46(33-34-50(48)57)42-19-17-40(18-20-42)41-25-31-45(32-26-41)53-55-51(43-27-21-38(22-28-43)36-11-5-3-6-12-36)54-52(56-53)44-29-23-39(24-30-44)37-13-7-4-8-14-37/h3-35H,1-2H3. The van der Waals surface area contributed by atoms with Crippen molar-refractivity contribution in [2.45, 2.75) is 13.1 Å². The smallest absolute Gasteiger partial charge is 0.164 e. The van der Waals surface area contributed by atoms with E-state index in [1.807, 2.05) is 12.1 Å². The molecule has 0 bridgehead atoms. The molecule has 3 nitrogen and oxygen atoms in total. The van der Waals surface area contributed by atoms with Gasteiger partial charge < -0.3 is 0 Å². The fraction of sp³-hybridized carbons (Fsp3) is 0.0377. The Kier molecular flexibility index (Phi) is 8.62. The number of nitrogens with zero attached hydrogens (tertiary/aromatic N) is 3. The van der Waals surface area contributed by atoms with Crippen molar-refractivity contribution in [1.82, 2.24) is 15.0 Å². The maximum Gasteiger partial charge on any atom is 0.164 e. The quantitative estimate of drug-likeness (QED) is 0.153. The van der Waals surface area contributed by atoms with Gasteiger partial charge in [0.05, 0.1) is 0 Å². The highest BCUT2D eigenvalue weighted by Crippen LogP contribution is 2.34. The molecule has 0 fully saturated rings. The number of hydrogen-bond acceptors (Lipinski definition) is 3. The molecule has 57 heavy (non-hydrogen) atoms. The highest BCUT2D eigenvalue weighted by molar-refractivity contribution is 7.03. The van der Waals surface area contributed by atoms with Gasteiger partial charge in [0.1, 0.15) is 8.07 Å². The molecular weight excluding hydrogens is 707 g/mol. The van der Waals surface area contributed by atoms with Gasteiger partial charge in [-0.3, -0.25) is 0 Å². The normalized spacial score (nSPS) is 12.5. The van der Waals surface area contributed by atoms with E-state index in [1.54, 1.807) is 0 Å². The first-order valence-electron chi connectivity index (χ1n) is 19.5. The summed E-state index contributed by atoms with van der Waals surface area (Å²) in [6.45, 7) is 4.93. The van der Waals surface area contributed by atoms with Crippen LogP contribution in [0, 0.1) is 0 Å². The van der Waals surface area contributed by atoms with Gasteiger partial charge in [0.2, 0.25) is 0 Å². The molecule has 0 unspecified atom stereocenters. The fourth-order valence-electron chi connectivity index (χ4n) is 8.21. The fourth-order valence-corrected chi connectivity index (χ4v) is 11.3. The molecule has 0 saturated carbocycles. The van der Waals surface area contributed by atoms with Crippen LogP contribution in [0.15, 0.2) is 200 Å². The van der Waals surface area contributed by atoms with Crippen molar-refractivity contribution in [2.24, 2.45) is 0 Å². The maximum absolute atomic E-state index is 5.04. The first-order valence-corrected chi connectivity index (χ1v) is 22.5. The van der Waals surface area contributed by atoms with Gasteiger partial charge in [-0.15, -0.1) is 0 Å². The Balaban J connectivity index is 0.959. The van der Waals surface area contributed by atoms with E-state index < -0.39 is 8.07 Å². The van der Waals surface area contributed by atoms with Gasteiger partial charge in [-0.1, -0.05) is 207 Å². The van der Waals surface area contributed by atoms with Crippen LogP contribution in [0.1, 0.15) is 0 Å². The summed E-state index contributed by atoms with van der Waals surface area (Å²) in [6, 6.07) is 71.3. The molecule has 1 aliphatic rings. The molecule has 2 heterocycles. The van der Waals surface area contributed by atoms with Crippen LogP contribution in [-0.2, 0) is 0 Å². The van der Waals surface area contributed by atoms with E-state index in [1.165, 1.54) is 49.3 Å². The van der Waals surface area contributed by atoms with Crippen molar-refractivity contribution < 1.29 is 0 Å². The molecule has 0 amide bonds. The Hall–Kier alpha value is -7.01. The van der Waals surface area contributed by atoms with Crippen LogP contribution in [0.3, 0.4) is 0 Å². The minimum Gasteiger partial charge on any atom is -0.208 e. The van der Waals surface area contributed by atoms with Gasteiger partial charge in [0.25, 0.3) is 0 Å². The molecule has 1 aromatic heterocycles. The second-order valence-corrected chi connectivity index (χ2v) is 19.6. The SMILES string of the molecule is C[Si]1(C)c2ccccc2-c2cc(-c3ccc(-c4ccc(-c5nc(-c6ccc(-c7ccccc7)cc6)nc(-c6ccc(-c7ccccc7)cc6)n5)cc4)cc3)ccc21. The van der Waals surface area contributed by atoms with Crippen molar-refractivity contribution in [3.63, 3.8) is 0 Å². The molecule has 0 saturated heterocycles. The second kappa shape index (κ2) is 14.2. The largest absolute Gasteiger partial charge is 0.208 e. The highest BCUT2D eigenvalue weighted by Gasteiger charge is 2.37. The van der Waals surface area contributed by atoms with E-state index >= 15 is 0 Å². The average molecular weight is 746 g/mol. The van der Waals surface area contributed by atoms with Crippen LogP contribution in [0.25, 0.3) is 89.8 Å². The van der Waals surface area contributed by atoms with E-state index in [0.717, 1.165) is 33.4 Å². The van der Waals surface area contributed by atoms with Gasteiger partial charge in [-0.2, -0.15) is 0 Å². The van der Waals surface area contributed by atoms with E-state index in [-0.39, 0.29) is 0 Å². The lowest BCUT2D eigenvalue weighted by Crippen LogP contribution is -2.49. The molecule has 0 atom stereocenters. The number of aromatic nitrogens is 3. The Labute approximate surface area is 335 Å². The van der Waals surface area contributed by atoms with Crippen molar-refractivity contribution >= 4 is 18.4 Å². The molecule has 4 heteroatoms. The van der Waals surface area contributed by atoms with Gasteiger partial charge in [-0.05, 0) is 72.1 Å². The first-order chi connectivity index (χ1) is 28.0. The van der Waals surface area contributed by atoms with Crippen LogP contribution >= 0.6 is 0 Å². The highest BCUT2D eigenvalue weighted by atomic mass is 28.3. The molecular formula is C53H39N3Si. The number of hydrogen-bond donors (Lipinski definition) is 0. The summed E-state index contributed by atoms with van der Waals surface area (Å²) >= 11 is 0. The molecule has 8 aromatic carbocycles.